The Morgan fingerprint density at radius 3 is 2.73 bits per heavy atom. The molecule has 0 saturated carbocycles. The van der Waals surface area contributed by atoms with Crippen molar-refractivity contribution in [3.63, 3.8) is 0 Å². The molecular weight excluding hydrogens is 466 g/mol. The lowest BCUT2D eigenvalue weighted by molar-refractivity contribution is 0.142. The number of hydrogen-bond donors (Lipinski definition) is 1. The lowest BCUT2D eigenvalue weighted by Gasteiger charge is -2.18. The molecule has 1 aliphatic heterocycles. The van der Waals surface area contributed by atoms with Crippen LogP contribution in [-0.2, 0) is 0 Å². The Labute approximate surface area is 198 Å². The lowest BCUT2D eigenvalue weighted by Crippen LogP contribution is -2.35. The van der Waals surface area contributed by atoms with Crippen molar-refractivity contribution in [1.29, 1.82) is 0 Å². The Bertz CT molecular complexity index is 1320. The summed E-state index contributed by atoms with van der Waals surface area (Å²) in [5.74, 6) is 0.773. The van der Waals surface area contributed by atoms with E-state index >= 15 is 0 Å². The van der Waals surface area contributed by atoms with Crippen LogP contribution in [0.4, 0.5) is 14.6 Å². The third-order valence-electron chi connectivity index (χ3n) is 5.79. The summed E-state index contributed by atoms with van der Waals surface area (Å²) in [7, 11) is 0. The van der Waals surface area contributed by atoms with Crippen molar-refractivity contribution in [2.24, 2.45) is 0 Å². The minimum atomic E-state index is -2.35. The monoisotopic (exact) mass is 486 g/mol. The van der Waals surface area contributed by atoms with Crippen LogP contribution >= 0.6 is 22.9 Å². The number of alkyl halides is 2. The molecule has 0 aliphatic carbocycles. The number of aromatic nitrogens is 2. The summed E-state index contributed by atoms with van der Waals surface area (Å²) < 4.78 is 27.1. The Kier molecular flexibility index (Phi) is 6.14. The van der Waals surface area contributed by atoms with Crippen LogP contribution in [0.1, 0.15) is 6.42 Å². The highest BCUT2D eigenvalue weighted by molar-refractivity contribution is 7.22. The van der Waals surface area contributed by atoms with Crippen LogP contribution in [0.5, 0.6) is 0 Å². The summed E-state index contributed by atoms with van der Waals surface area (Å²) >= 11 is 7.44. The van der Waals surface area contributed by atoms with Crippen molar-refractivity contribution in [3.8, 4) is 16.1 Å². The van der Waals surface area contributed by atoms with Gasteiger partial charge in [0.1, 0.15) is 10.5 Å². The molecule has 0 radical (unpaired) electrons. The first-order valence-corrected chi connectivity index (χ1v) is 11.8. The summed E-state index contributed by atoms with van der Waals surface area (Å²) in [5, 5.41) is 4.46. The van der Waals surface area contributed by atoms with Crippen LogP contribution in [0.2, 0.25) is 5.02 Å². The van der Waals surface area contributed by atoms with Gasteiger partial charge in [0, 0.05) is 40.6 Å². The van der Waals surface area contributed by atoms with E-state index in [9.17, 15) is 13.6 Å². The number of halogens is 3. The molecule has 1 aromatic carbocycles. The third kappa shape index (κ3) is 4.64. The van der Waals surface area contributed by atoms with Gasteiger partial charge < -0.3 is 10.2 Å². The SMILES string of the molecule is O=c1c2sc(-c3ccc(Cl)cc3)cc2ccn1-c1ccc(N2CCC(NCC(F)F)C2)nc1. The number of pyridine rings is 2. The fourth-order valence-electron chi connectivity index (χ4n) is 4.09. The van der Waals surface area contributed by atoms with Crippen LogP contribution in [-0.4, -0.2) is 41.7 Å². The Hall–Kier alpha value is -2.81. The van der Waals surface area contributed by atoms with Gasteiger partial charge in [0.15, 0.2) is 0 Å². The molecule has 0 amide bonds. The first-order valence-electron chi connectivity index (χ1n) is 10.6. The molecule has 1 N–H and O–H groups in total. The number of anilines is 1. The topological polar surface area (TPSA) is 50.2 Å². The first-order chi connectivity index (χ1) is 16.0. The van der Waals surface area contributed by atoms with Crippen molar-refractivity contribution < 1.29 is 8.78 Å². The van der Waals surface area contributed by atoms with Gasteiger partial charge >= 0.3 is 0 Å². The van der Waals surface area contributed by atoms with Gasteiger partial charge in [-0.25, -0.2) is 13.8 Å². The van der Waals surface area contributed by atoms with E-state index in [1.807, 2.05) is 48.5 Å². The molecule has 3 aromatic heterocycles. The summed E-state index contributed by atoms with van der Waals surface area (Å²) in [4.78, 5) is 20.8. The first kappa shape index (κ1) is 22.0. The number of nitrogens with zero attached hydrogens (tertiary/aromatic N) is 3. The maximum atomic E-state index is 13.2. The van der Waals surface area contributed by atoms with Crippen LogP contribution in [0.25, 0.3) is 26.2 Å². The average molecular weight is 487 g/mol. The normalized spacial score (nSPS) is 16.2. The van der Waals surface area contributed by atoms with Crippen molar-refractivity contribution in [1.82, 2.24) is 14.9 Å². The van der Waals surface area contributed by atoms with Gasteiger partial charge in [-0.15, -0.1) is 11.3 Å². The maximum Gasteiger partial charge on any atom is 0.273 e. The van der Waals surface area contributed by atoms with Gasteiger partial charge in [0.05, 0.1) is 18.4 Å². The van der Waals surface area contributed by atoms with Gasteiger partial charge in [-0.3, -0.25) is 9.36 Å². The predicted octanol–water partition coefficient (Wildman–Crippen LogP) is 5.20. The van der Waals surface area contributed by atoms with E-state index in [0.717, 1.165) is 34.6 Å². The van der Waals surface area contributed by atoms with Crippen LogP contribution < -0.4 is 15.8 Å². The highest BCUT2D eigenvalue weighted by Crippen LogP contribution is 2.32. The van der Waals surface area contributed by atoms with E-state index in [1.165, 1.54) is 11.3 Å². The lowest BCUT2D eigenvalue weighted by atomic mass is 10.2. The van der Waals surface area contributed by atoms with E-state index in [2.05, 4.69) is 15.2 Å². The number of fused-ring (bicyclic) bond motifs is 1. The number of nitrogens with one attached hydrogen (secondary N) is 1. The van der Waals surface area contributed by atoms with Crippen LogP contribution in [0.3, 0.4) is 0 Å². The van der Waals surface area contributed by atoms with Crippen LogP contribution in [0, 0.1) is 0 Å². The molecule has 5 nitrogen and oxygen atoms in total. The molecule has 170 valence electrons. The number of thiophene rings is 1. The molecule has 0 spiro atoms. The zero-order valence-corrected chi connectivity index (χ0v) is 19.1. The number of benzene rings is 1. The molecule has 33 heavy (non-hydrogen) atoms. The smallest absolute Gasteiger partial charge is 0.273 e. The van der Waals surface area contributed by atoms with E-state index < -0.39 is 6.43 Å². The van der Waals surface area contributed by atoms with E-state index in [1.54, 1.807) is 17.0 Å². The molecule has 5 rings (SSSR count). The van der Waals surface area contributed by atoms with E-state index in [-0.39, 0.29) is 18.1 Å². The summed E-state index contributed by atoms with van der Waals surface area (Å²) in [6, 6.07) is 15.3. The highest BCUT2D eigenvalue weighted by atomic mass is 35.5. The zero-order chi connectivity index (χ0) is 22.9. The third-order valence-corrected chi connectivity index (χ3v) is 7.23. The molecule has 1 fully saturated rings. The standard InChI is InChI=1S/C24H21ClF2N4OS/c25-17-3-1-15(2-4-17)20-11-16-7-10-31(24(32)23(16)33-20)19-5-6-22(29-12-19)30-9-8-18(14-30)28-13-21(26)27/h1-7,10-12,18,21,28H,8-9,13-14H2. The Balaban J connectivity index is 1.36. The molecule has 9 heteroatoms. The second-order valence-corrected chi connectivity index (χ2v) is 9.49. The fourth-order valence-corrected chi connectivity index (χ4v) is 5.30. The Morgan fingerprint density at radius 2 is 2.00 bits per heavy atom. The van der Waals surface area contributed by atoms with Gasteiger partial charge in [0.25, 0.3) is 12.0 Å². The molecule has 1 aliphatic rings. The quantitative estimate of drug-likeness (QED) is 0.407. The van der Waals surface area contributed by atoms with Gasteiger partial charge in [0.2, 0.25) is 0 Å². The molecule has 1 saturated heterocycles. The number of rotatable bonds is 6. The van der Waals surface area contributed by atoms with Crippen molar-refractivity contribution >= 4 is 38.8 Å². The van der Waals surface area contributed by atoms with E-state index in [0.29, 0.717) is 22.0 Å². The minimum Gasteiger partial charge on any atom is -0.355 e. The zero-order valence-electron chi connectivity index (χ0n) is 17.5. The predicted molar refractivity (Wildman–Crippen MR) is 130 cm³/mol. The largest absolute Gasteiger partial charge is 0.355 e. The van der Waals surface area contributed by atoms with Gasteiger partial charge in [-0.2, -0.15) is 0 Å². The Morgan fingerprint density at radius 1 is 1.18 bits per heavy atom. The molecule has 1 unspecified atom stereocenters. The summed E-state index contributed by atoms with van der Waals surface area (Å²) in [6.07, 6.45) is 1.88. The molecular formula is C24H21ClF2N4OS. The van der Waals surface area contributed by atoms with Crippen molar-refractivity contribution in [3.05, 3.63) is 76.3 Å². The molecule has 1 atom stereocenters. The van der Waals surface area contributed by atoms with Crippen molar-refractivity contribution in [2.75, 3.05) is 24.5 Å². The molecule has 4 aromatic rings. The van der Waals surface area contributed by atoms with Gasteiger partial charge in [-0.1, -0.05) is 23.7 Å². The maximum absolute atomic E-state index is 13.2. The average Bonchev–Trinajstić information content (AvgIpc) is 3.47. The van der Waals surface area contributed by atoms with Crippen LogP contribution in [0.15, 0.2) is 65.7 Å². The second kappa shape index (κ2) is 9.21. The number of hydrogen-bond acceptors (Lipinski definition) is 5. The summed E-state index contributed by atoms with van der Waals surface area (Å²) in [6.45, 7) is 1.09. The van der Waals surface area contributed by atoms with Crippen molar-refractivity contribution in [2.45, 2.75) is 18.9 Å². The highest BCUT2D eigenvalue weighted by Gasteiger charge is 2.24. The molecule has 4 heterocycles. The minimum absolute atomic E-state index is 0.0270. The van der Waals surface area contributed by atoms with Gasteiger partial charge in [-0.05, 0) is 48.4 Å². The summed E-state index contributed by atoms with van der Waals surface area (Å²) in [5.41, 5.74) is 1.60. The molecule has 0 bridgehead atoms. The fraction of sp³-hybridized carbons (Fsp3) is 0.250. The second-order valence-electron chi connectivity index (χ2n) is 8.00. The van der Waals surface area contributed by atoms with E-state index in [4.69, 9.17) is 11.6 Å².